The standard InChI is InChI=1S/C24H33FN4O2/c1-16(21-15-17(25)7-10-22(21)29-13-11-28(2)12-14-29)26-23(30)19-5-3-4-6-20(19)24(31)27-18-8-9-18/h3-4,7,10,15-16,18-20H,5-6,8-9,11-14H2,1-2H3,(H,26,30)(H,27,31)/t16-,19+,20-/m0/s1. The van der Waals surface area contributed by atoms with Gasteiger partial charge in [-0.05, 0) is 57.9 Å². The van der Waals surface area contributed by atoms with Crippen LogP contribution in [0.25, 0.3) is 0 Å². The molecule has 168 valence electrons. The van der Waals surface area contributed by atoms with Crippen molar-refractivity contribution in [2.24, 2.45) is 11.8 Å². The fraction of sp³-hybridized carbons (Fsp3) is 0.583. The maximum Gasteiger partial charge on any atom is 0.224 e. The number of nitrogens with one attached hydrogen (secondary N) is 2. The second-order valence-corrected chi connectivity index (χ2v) is 9.16. The van der Waals surface area contributed by atoms with Crippen LogP contribution >= 0.6 is 0 Å². The quantitative estimate of drug-likeness (QED) is 0.684. The number of hydrogen-bond donors (Lipinski definition) is 2. The third kappa shape index (κ3) is 5.26. The first-order valence-electron chi connectivity index (χ1n) is 11.4. The Morgan fingerprint density at radius 1 is 1.03 bits per heavy atom. The molecule has 2 aliphatic carbocycles. The summed E-state index contributed by atoms with van der Waals surface area (Å²) < 4.78 is 14.1. The molecule has 0 spiro atoms. The summed E-state index contributed by atoms with van der Waals surface area (Å²) in [4.78, 5) is 30.4. The number of carbonyl (C=O) groups is 2. The predicted molar refractivity (Wildman–Crippen MR) is 119 cm³/mol. The molecule has 31 heavy (non-hydrogen) atoms. The first-order chi connectivity index (χ1) is 14.9. The first-order valence-corrected chi connectivity index (χ1v) is 11.4. The zero-order chi connectivity index (χ0) is 22.0. The number of carbonyl (C=O) groups excluding carboxylic acids is 2. The third-order valence-corrected chi connectivity index (χ3v) is 6.69. The van der Waals surface area contributed by atoms with Crippen molar-refractivity contribution in [1.82, 2.24) is 15.5 Å². The number of anilines is 1. The zero-order valence-corrected chi connectivity index (χ0v) is 18.4. The topological polar surface area (TPSA) is 64.7 Å². The molecule has 1 aromatic carbocycles. The Kier molecular flexibility index (Phi) is 6.60. The number of piperazine rings is 1. The van der Waals surface area contributed by atoms with Gasteiger partial charge in [-0.2, -0.15) is 0 Å². The average molecular weight is 429 g/mol. The second-order valence-electron chi connectivity index (χ2n) is 9.16. The van der Waals surface area contributed by atoms with Gasteiger partial charge in [-0.1, -0.05) is 12.2 Å². The molecule has 2 N–H and O–H groups in total. The van der Waals surface area contributed by atoms with Crippen molar-refractivity contribution in [2.75, 3.05) is 38.1 Å². The molecule has 3 atom stereocenters. The van der Waals surface area contributed by atoms with E-state index in [1.165, 1.54) is 12.1 Å². The number of hydrogen-bond acceptors (Lipinski definition) is 4. The largest absolute Gasteiger partial charge is 0.369 e. The van der Waals surface area contributed by atoms with Crippen molar-refractivity contribution in [3.63, 3.8) is 0 Å². The van der Waals surface area contributed by atoms with E-state index in [4.69, 9.17) is 0 Å². The van der Waals surface area contributed by atoms with E-state index in [0.29, 0.717) is 12.8 Å². The Bertz CT molecular complexity index is 846. The van der Waals surface area contributed by atoms with Crippen molar-refractivity contribution in [3.05, 3.63) is 41.7 Å². The molecule has 0 unspecified atom stereocenters. The molecular weight excluding hydrogens is 395 g/mol. The molecule has 2 fully saturated rings. The summed E-state index contributed by atoms with van der Waals surface area (Å²) in [6.45, 7) is 5.52. The van der Waals surface area contributed by atoms with E-state index >= 15 is 0 Å². The lowest BCUT2D eigenvalue weighted by Crippen LogP contribution is -2.46. The van der Waals surface area contributed by atoms with Gasteiger partial charge in [0, 0.05) is 43.5 Å². The van der Waals surface area contributed by atoms with Crippen LogP contribution in [0.1, 0.15) is 44.2 Å². The van der Waals surface area contributed by atoms with Crippen LogP contribution in [-0.4, -0.2) is 56.0 Å². The van der Waals surface area contributed by atoms with E-state index in [2.05, 4.69) is 27.5 Å². The number of likely N-dealkylation sites (N-methyl/N-ethyl adjacent to an activating group) is 1. The molecule has 4 rings (SSSR count). The van der Waals surface area contributed by atoms with Gasteiger partial charge in [0.2, 0.25) is 11.8 Å². The molecule has 0 radical (unpaired) electrons. The van der Waals surface area contributed by atoms with E-state index in [-0.39, 0.29) is 35.6 Å². The fourth-order valence-corrected chi connectivity index (χ4v) is 4.54. The summed E-state index contributed by atoms with van der Waals surface area (Å²) in [5, 5.41) is 6.12. The molecule has 6 nitrogen and oxygen atoms in total. The van der Waals surface area contributed by atoms with E-state index in [0.717, 1.165) is 50.3 Å². The van der Waals surface area contributed by atoms with E-state index in [1.54, 1.807) is 0 Å². The summed E-state index contributed by atoms with van der Waals surface area (Å²) in [6, 6.07) is 4.75. The molecule has 3 aliphatic rings. The number of allylic oxidation sites excluding steroid dienone is 2. The highest BCUT2D eigenvalue weighted by Gasteiger charge is 2.37. The van der Waals surface area contributed by atoms with Crippen molar-refractivity contribution < 1.29 is 14.0 Å². The number of benzene rings is 1. The number of amides is 2. The Labute approximate surface area is 183 Å². The lowest BCUT2D eigenvalue weighted by Gasteiger charge is -2.36. The van der Waals surface area contributed by atoms with Gasteiger partial charge in [-0.15, -0.1) is 0 Å². The molecule has 1 aromatic rings. The highest BCUT2D eigenvalue weighted by molar-refractivity contribution is 5.88. The summed E-state index contributed by atoms with van der Waals surface area (Å²) >= 11 is 0. The Balaban J connectivity index is 1.47. The minimum atomic E-state index is -0.396. The lowest BCUT2D eigenvalue weighted by molar-refractivity contribution is -0.135. The van der Waals surface area contributed by atoms with Crippen molar-refractivity contribution in [2.45, 2.75) is 44.7 Å². The van der Waals surface area contributed by atoms with Crippen molar-refractivity contribution in [3.8, 4) is 0 Å². The van der Waals surface area contributed by atoms with Gasteiger partial charge < -0.3 is 20.4 Å². The van der Waals surface area contributed by atoms with Crippen LogP contribution in [0, 0.1) is 17.7 Å². The van der Waals surface area contributed by atoms with Gasteiger partial charge in [0.1, 0.15) is 5.82 Å². The highest BCUT2D eigenvalue weighted by atomic mass is 19.1. The van der Waals surface area contributed by atoms with Crippen LogP contribution in [-0.2, 0) is 9.59 Å². The highest BCUT2D eigenvalue weighted by Crippen LogP contribution is 2.31. The van der Waals surface area contributed by atoms with Crippen molar-refractivity contribution in [1.29, 1.82) is 0 Å². The van der Waals surface area contributed by atoms with Crippen LogP contribution in [0.15, 0.2) is 30.4 Å². The molecule has 1 saturated carbocycles. The van der Waals surface area contributed by atoms with Crippen molar-refractivity contribution >= 4 is 17.5 Å². The molecule has 1 saturated heterocycles. The van der Waals surface area contributed by atoms with Crippen LogP contribution in [0.2, 0.25) is 0 Å². The molecular formula is C24H33FN4O2. The molecule has 7 heteroatoms. The predicted octanol–water partition coefficient (Wildman–Crippen LogP) is 2.62. The number of rotatable bonds is 6. The molecule has 0 aromatic heterocycles. The summed E-state index contributed by atoms with van der Waals surface area (Å²) in [6.07, 6.45) is 7.15. The fourth-order valence-electron chi connectivity index (χ4n) is 4.54. The average Bonchev–Trinajstić information content (AvgIpc) is 3.58. The lowest BCUT2D eigenvalue weighted by atomic mass is 9.81. The zero-order valence-electron chi connectivity index (χ0n) is 18.4. The van der Waals surface area contributed by atoms with Gasteiger partial charge in [0.05, 0.1) is 17.9 Å². The van der Waals surface area contributed by atoms with Crippen LogP contribution in [0.5, 0.6) is 0 Å². The minimum Gasteiger partial charge on any atom is -0.369 e. The van der Waals surface area contributed by atoms with Crippen LogP contribution in [0.4, 0.5) is 10.1 Å². The normalized spacial score (nSPS) is 25.2. The Morgan fingerprint density at radius 2 is 1.68 bits per heavy atom. The molecule has 1 aliphatic heterocycles. The number of halogens is 1. The first kappa shape index (κ1) is 21.8. The number of nitrogens with zero attached hydrogens (tertiary/aromatic N) is 2. The summed E-state index contributed by atoms with van der Waals surface area (Å²) in [5.41, 5.74) is 1.75. The maximum atomic E-state index is 14.1. The molecule has 2 amide bonds. The van der Waals surface area contributed by atoms with Gasteiger partial charge in [0.15, 0.2) is 0 Å². The van der Waals surface area contributed by atoms with E-state index < -0.39 is 5.92 Å². The van der Waals surface area contributed by atoms with E-state index in [9.17, 15) is 14.0 Å². The van der Waals surface area contributed by atoms with Gasteiger partial charge >= 0.3 is 0 Å². The third-order valence-electron chi connectivity index (χ3n) is 6.69. The van der Waals surface area contributed by atoms with Crippen LogP contribution < -0.4 is 15.5 Å². The van der Waals surface area contributed by atoms with E-state index in [1.807, 2.05) is 25.1 Å². The second kappa shape index (κ2) is 9.39. The van der Waals surface area contributed by atoms with Gasteiger partial charge in [-0.25, -0.2) is 4.39 Å². The Hall–Kier alpha value is -2.41. The summed E-state index contributed by atoms with van der Waals surface area (Å²) in [5.74, 6) is -1.21. The molecule has 0 bridgehead atoms. The molecule has 1 heterocycles. The van der Waals surface area contributed by atoms with Crippen LogP contribution in [0.3, 0.4) is 0 Å². The monoisotopic (exact) mass is 428 g/mol. The SMILES string of the molecule is C[C@H](NC(=O)[C@@H]1CC=CC[C@@H]1C(=O)NC1CC1)c1cc(F)ccc1N1CCN(C)CC1. The van der Waals surface area contributed by atoms with Gasteiger partial charge in [0.25, 0.3) is 0 Å². The smallest absolute Gasteiger partial charge is 0.224 e. The Morgan fingerprint density at radius 3 is 2.32 bits per heavy atom. The minimum absolute atomic E-state index is 0.0245. The summed E-state index contributed by atoms with van der Waals surface area (Å²) in [7, 11) is 2.10. The van der Waals surface area contributed by atoms with Gasteiger partial charge in [-0.3, -0.25) is 9.59 Å². The maximum absolute atomic E-state index is 14.1.